The molecule has 2 heteroatoms. The zero-order valence-electron chi connectivity index (χ0n) is 10.5. The average molecular weight is 201 g/mol. The van der Waals surface area contributed by atoms with Crippen molar-refractivity contribution in [3.8, 4) is 0 Å². The molecular formula is C12H27NO. The highest BCUT2D eigenvalue weighted by molar-refractivity contribution is 4.78. The van der Waals surface area contributed by atoms with Crippen molar-refractivity contribution in [1.29, 1.82) is 0 Å². The van der Waals surface area contributed by atoms with Crippen molar-refractivity contribution in [3.05, 3.63) is 0 Å². The maximum atomic E-state index is 9.36. The van der Waals surface area contributed by atoms with Crippen LogP contribution in [-0.4, -0.2) is 35.7 Å². The van der Waals surface area contributed by atoms with Crippen LogP contribution in [0.25, 0.3) is 0 Å². The topological polar surface area (TPSA) is 23.5 Å². The second kappa shape index (κ2) is 6.41. The van der Waals surface area contributed by atoms with E-state index in [-0.39, 0.29) is 12.0 Å². The van der Waals surface area contributed by atoms with Gasteiger partial charge < -0.3 is 10.0 Å². The lowest BCUT2D eigenvalue weighted by molar-refractivity contribution is 0.0687. The van der Waals surface area contributed by atoms with Crippen molar-refractivity contribution in [2.75, 3.05) is 19.7 Å². The van der Waals surface area contributed by atoms with Crippen LogP contribution in [0.3, 0.4) is 0 Å². The van der Waals surface area contributed by atoms with Crippen LogP contribution in [0, 0.1) is 5.41 Å². The molecule has 0 fully saturated rings. The lowest BCUT2D eigenvalue weighted by Crippen LogP contribution is -2.42. The summed E-state index contributed by atoms with van der Waals surface area (Å²) in [6.07, 6.45) is 2.22. The van der Waals surface area contributed by atoms with Gasteiger partial charge in [-0.25, -0.2) is 0 Å². The third kappa shape index (κ3) is 3.97. The van der Waals surface area contributed by atoms with Gasteiger partial charge in [-0.05, 0) is 26.3 Å². The number of aliphatic hydroxyl groups excluding tert-OH is 1. The molecule has 0 spiro atoms. The molecule has 0 saturated carbocycles. The molecule has 0 aliphatic rings. The number of aliphatic hydroxyl groups is 1. The Kier molecular flexibility index (Phi) is 6.38. The van der Waals surface area contributed by atoms with E-state index in [1.54, 1.807) is 0 Å². The highest BCUT2D eigenvalue weighted by atomic mass is 16.3. The van der Waals surface area contributed by atoms with Gasteiger partial charge in [-0.15, -0.1) is 0 Å². The summed E-state index contributed by atoms with van der Waals surface area (Å²) in [7, 11) is 0. The Labute approximate surface area is 89.3 Å². The molecule has 2 nitrogen and oxygen atoms in total. The van der Waals surface area contributed by atoms with Crippen molar-refractivity contribution >= 4 is 0 Å². The summed E-state index contributed by atoms with van der Waals surface area (Å²) in [5.41, 5.74) is 0.0689. The maximum absolute atomic E-state index is 9.36. The number of rotatable bonds is 7. The SMILES string of the molecule is CCC(C)N(CC)CC(C)(CC)CO. The van der Waals surface area contributed by atoms with Gasteiger partial charge in [0.05, 0.1) is 0 Å². The van der Waals surface area contributed by atoms with Crippen LogP contribution in [0.5, 0.6) is 0 Å². The van der Waals surface area contributed by atoms with Gasteiger partial charge in [-0.1, -0.05) is 27.7 Å². The highest BCUT2D eigenvalue weighted by Gasteiger charge is 2.25. The molecule has 0 aromatic carbocycles. The van der Waals surface area contributed by atoms with Gasteiger partial charge in [0, 0.05) is 24.6 Å². The second-order valence-corrected chi connectivity index (χ2v) is 4.64. The van der Waals surface area contributed by atoms with E-state index >= 15 is 0 Å². The molecule has 0 radical (unpaired) electrons. The average Bonchev–Trinajstić information content (AvgIpc) is 2.24. The van der Waals surface area contributed by atoms with Crippen LogP contribution in [-0.2, 0) is 0 Å². The predicted molar refractivity (Wildman–Crippen MR) is 62.5 cm³/mol. The molecule has 0 rings (SSSR count). The Balaban J connectivity index is 4.28. The Bertz CT molecular complexity index is 143. The molecule has 0 aliphatic carbocycles. The third-order valence-corrected chi connectivity index (χ3v) is 3.44. The molecule has 2 unspecified atom stereocenters. The Morgan fingerprint density at radius 1 is 1.29 bits per heavy atom. The summed E-state index contributed by atoms with van der Waals surface area (Å²) in [5, 5.41) is 9.36. The molecule has 2 atom stereocenters. The minimum absolute atomic E-state index is 0.0689. The van der Waals surface area contributed by atoms with Gasteiger partial charge in [-0.2, -0.15) is 0 Å². The summed E-state index contributed by atoms with van der Waals surface area (Å²) < 4.78 is 0. The highest BCUT2D eigenvalue weighted by Crippen LogP contribution is 2.23. The van der Waals surface area contributed by atoms with Crippen molar-refractivity contribution in [3.63, 3.8) is 0 Å². The van der Waals surface area contributed by atoms with E-state index in [2.05, 4.69) is 39.5 Å². The first kappa shape index (κ1) is 13.9. The van der Waals surface area contributed by atoms with Crippen LogP contribution >= 0.6 is 0 Å². The van der Waals surface area contributed by atoms with Crippen molar-refractivity contribution in [2.45, 2.75) is 53.5 Å². The fourth-order valence-corrected chi connectivity index (χ4v) is 1.60. The fraction of sp³-hybridized carbons (Fsp3) is 1.00. The van der Waals surface area contributed by atoms with Crippen LogP contribution < -0.4 is 0 Å². The summed E-state index contributed by atoms with van der Waals surface area (Å²) in [6, 6.07) is 0.623. The molecular weight excluding hydrogens is 174 g/mol. The second-order valence-electron chi connectivity index (χ2n) is 4.64. The zero-order chi connectivity index (χ0) is 11.2. The van der Waals surface area contributed by atoms with Crippen LogP contribution in [0.4, 0.5) is 0 Å². The summed E-state index contributed by atoms with van der Waals surface area (Å²) in [5.74, 6) is 0. The van der Waals surface area contributed by atoms with E-state index in [9.17, 15) is 5.11 Å². The Morgan fingerprint density at radius 3 is 2.14 bits per heavy atom. The lowest BCUT2D eigenvalue weighted by atomic mass is 9.87. The van der Waals surface area contributed by atoms with Crippen LogP contribution in [0.15, 0.2) is 0 Å². The number of nitrogens with zero attached hydrogens (tertiary/aromatic N) is 1. The fourth-order valence-electron chi connectivity index (χ4n) is 1.60. The first-order chi connectivity index (χ1) is 6.52. The smallest absolute Gasteiger partial charge is 0.0496 e. The summed E-state index contributed by atoms with van der Waals surface area (Å²) >= 11 is 0. The maximum Gasteiger partial charge on any atom is 0.0496 e. The predicted octanol–water partition coefficient (Wildman–Crippen LogP) is 2.52. The van der Waals surface area contributed by atoms with Crippen molar-refractivity contribution in [2.24, 2.45) is 5.41 Å². The lowest BCUT2D eigenvalue weighted by Gasteiger charge is -2.36. The first-order valence-electron chi connectivity index (χ1n) is 5.87. The van der Waals surface area contributed by atoms with Crippen LogP contribution in [0.1, 0.15) is 47.5 Å². The van der Waals surface area contributed by atoms with Crippen molar-refractivity contribution in [1.82, 2.24) is 4.90 Å². The van der Waals surface area contributed by atoms with Gasteiger partial charge in [0.15, 0.2) is 0 Å². The Morgan fingerprint density at radius 2 is 1.86 bits per heavy atom. The minimum atomic E-state index is 0.0689. The molecule has 0 aromatic rings. The van der Waals surface area contributed by atoms with Gasteiger partial charge in [0.2, 0.25) is 0 Å². The minimum Gasteiger partial charge on any atom is -0.396 e. The molecule has 0 heterocycles. The first-order valence-corrected chi connectivity index (χ1v) is 5.87. The molecule has 14 heavy (non-hydrogen) atoms. The van der Waals surface area contributed by atoms with E-state index in [0.29, 0.717) is 6.04 Å². The zero-order valence-corrected chi connectivity index (χ0v) is 10.5. The van der Waals surface area contributed by atoms with Gasteiger partial charge in [0.25, 0.3) is 0 Å². The standard InChI is InChI=1S/C12H27NO/c1-6-11(4)13(8-3)9-12(5,7-2)10-14/h11,14H,6-10H2,1-5H3. The quantitative estimate of drug-likeness (QED) is 0.684. The van der Waals surface area contributed by atoms with E-state index < -0.39 is 0 Å². The van der Waals surface area contributed by atoms with E-state index in [1.165, 1.54) is 6.42 Å². The van der Waals surface area contributed by atoms with Crippen molar-refractivity contribution < 1.29 is 5.11 Å². The van der Waals surface area contributed by atoms with Crippen LogP contribution in [0.2, 0.25) is 0 Å². The van der Waals surface area contributed by atoms with Gasteiger partial charge in [0.1, 0.15) is 0 Å². The van der Waals surface area contributed by atoms with E-state index in [1.807, 2.05) is 0 Å². The number of hydrogen-bond acceptors (Lipinski definition) is 2. The summed E-state index contributed by atoms with van der Waals surface area (Å²) in [4.78, 5) is 2.46. The molecule has 0 aliphatic heterocycles. The summed E-state index contributed by atoms with van der Waals surface area (Å²) in [6.45, 7) is 13.4. The molecule has 86 valence electrons. The van der Waals surface area contributed by atoms with E-state index in [0.717, 1.165) is 19.5 Å². The monoisotopic (exact) mass is 201 g/mol. The normalized spacial score (nSPS) is 18.2. The molecule has 0 saturated heterocycles. The largest absolute Gasteiger partial charge is 0.396 e. The van der Waals surface area contributed by atoms with E-state index in [4.69, 9.17) is 0 Å². The molecule has 0 amide bonds. The molecule has 1 N–H and O–H groups in total. The van der Waals surface area contributed by atoms with Gasteiger partial charge in [-0.3, -0.25) is 0 Å². The van der Waals surface area contributed by atoms with Gasteiger partial charge >= 0.3 is 0 Å². The number of hydrogen-bond donors (Lipinski definition) is 1. The molecule has 0 bridgehead atoms. The Hall–Kier alpha value is -0.0800. The third-order valence-electron chi connectivity index (χ3n) is 3.44. The molecule has 0 aromatic heterocycles.